The van der Waals surface area contributed by atoms with Gasteiger partial charge in [-0.15, -0.1) is 0 Å². The second-order valence-electron chi connectivity index (χ2n) is 6.45. The van der Waals surface area contributed by atoms with Crippen molar-refractivity contribution in [2.24, 2.45) is 0 Å². The number of carbonyl (C=O) groups excluding carboxylic acids is 1. The molecular formula is C21H18ClN3O3. The molecule has 1 aliphatic rings. The molecule has 28 heavy (non-hydrogen) atoms. The Morgan fingerprint density at radius 3 is 2.75 bits per heavy atom. The Morgan fingerprint density at radius 1 is 1.21 bits per heavy atom. The van der Waals surface area contributed by atoms with E-state index in [1.165, 1.54) is 6.08 Å². The summed E-state index contributed by atoms with van der Waals surface area (Å²) in [7, 11) is 1.60. The summed E-state index contributed by atoms with van der Waals surface area (Å²) in [6.07, 6.45) is 3.26. The van der Waals surface area contributed by atoms with Gasteiger partial charge in [-0.25, -0.2) is 0 Å². The SMILES string of the molecule is COc1ccccc1-c1noc(C2CN(C(=O)/C=C/c3ccccc3Cl)C2)n1. The van der Waals surface area contributed by atoms with E-state index < -0.39 is 0 Å². The van der Waals surface area contributed by atoms with E-state index in [0.717, 1.165) is 11.1 Å². The molecule has 7 heteroatoms. The van der Waals surface area contributed by atoms with E-state index in [0.29, 0.717) is 35.6 Å². The van der Waals surface area contributed by atoms with E-state index in [1.807, 2.05) is 42.5 Å². The normalized spacial score (nSPS) is 14.3. The third kappa shape index (κ3) is 3.64. The number of amides is 1. The van der Waals surface area contributed by atoms with E-state index in [-0.39, 0.29) is 11.8 Å². The van der Waals surface area contributed by atoms with Crippen LogP contribution in [0.3, 0.4) is 0 Å². The number of benzene rings is 2. The number of hydrogen-bond donors (Lipinski definition) is 0. The highest BCUT2D eigenvalue weighted by Gasteiger charge is 2.35. The predicted octanol–water partition coefficient (Wildman–Crippen LogP) is 4.04. The van der Waals surface area contributed by atoms with Gasteiger partial charge >= 0.3 is 0 Å². The summed E-state index contributed by atoms with van der Waals surface area (Å²) >= 11 is 6.10. The number of halogens is 1. The number of nitrogens with zero attached hydrogens (tertiary/aromatic N) is 3. The van der Waals surface area contributed by atoms with Crippen LogP contribution in [0.25, 0.3) is 17.5 Å². The van der Waals surface area contributed by atoms with Gasteiger partial charge in [0.1, 0.15) is 5.75 Å². The molecule has 0 radical (unpaired) electrons. The van der Waals surface area contributed by atoms with Crippen molar-refractivity contribution in [2.75, 3.05) is 20.2 Å². The van der Waals surface area contributed by atoms with E-state index in [9.17, 15) is 4.79 Å². The maximum absolute atomic E-state index is 12.3. The molecule has 2 heterocycles. The zero-order chi connectivity index (χ0) is 19.5. The van der Waals surface area contributed by atoms with Crippen LogP contribution in [-0.2, 0) is 4.79 Å². The van der Waals surface area contributed by atoms with Crippen molar-refractivity contribution in [1.29, 1.82) is 0 Å². The Bertz CT molecular complexity index is 1020. The number of aromatic nitrogens is 2. The maximum atomic E-state index is 12.3. The van der Waals surface area contributed by atoms with E-state index in [4.69, 9.17) is 20.9 Å². The highest BCUT2D eigenvalue weighted by Crippen LogP contribution is 2.31. The number of hydrogen-bond acceptors (Lipinski definition) is 5. The van der Waals surface area contributed by atoms with Crippen molar-refractivity contribution in [3.05, 3.63) is 71.1 Å². The molecule has 2 aromatic carbocycles. The number of methoxy groups -OCH3 is 1. The van der Waals surface area contributed by atoms with Gasteiger partial charge in [-0.2, -0.15) is 4.98 Å². The van der Waals surface area contributed by atoms with E-state index in [1.54, 1.807) is 24.2 Å². The van der Waals surface area contributed by atoms with Crippen LogP contribution in [0.1, 0.15) is 17.4 Å². The Hall–Kier alpha value is -3.12. The van der Waals surface area contributed by atoms with Crippen LogP contribution < -0.4 is 4.74 Å². The summed E-state index contributed by atoms with van der Waals surface area (Å²) in [5.41, 5.74) is 1.59. The Kier molecular flexibility index (Phi) is 5.12. The number of ether oxygens (including phenoxy) is 1. The molecule has 1 amide bonds. The Labute approximate surface area is 167 Å². The van der Waals surface area contributed by atoms with Gasteiger partial charge in [0.25, 0.3) is 0 Å². The van der Waals surface area contributed by atoms with Crippen LogP contribution in [0, 0.1) is 0 Å². The summed E-state index contributed by atoms with van der Waals surface area (Å²) in [6.45, 7) is 1.08. The third-order valence-corrected chi connectivity index (χ3v) is 4.99. The fraction of sp³-hybridized carbons (Fsp3) is 0.190. The van der Waals surface area contributed by atoms with E-state index >= 15 is 0 Å². The topological polar surface area (TPSA) is 68.5 Å². The van der Waals surface area contributed by atoms with Crippen molar-refractivity contribution in [2.45, 2.75) is 5.92 Å². The molecule has 4 rings (SSSR count). The lowest BCUT2D eigenvalue weighted by atomic mass is 10.00. The minimum absolute atomic E-state index is 0.0358. The molecule has 1 aromatic heterocycles. The molecule has 0 atom stereocenters. The van der Waals surface area contributed by atoms with Crippen LogP contribution >= 0.6 is 11.6 Å². The first-order valence-corrected chi connectivity index (χ1v) is 9.22. The molecule has 0 unspecified atom stereocenters. The fourth-order valence-corrected chi connectivity index (χ4v) is 3.23. The zero-order valence-electron chi connectivity index (χ0n) is 15.2. The second kappa shape index (κ2) is 7.86. The standard InChI is InChI=1S/C21H18ClN3O3/c1-27-18-9-5-3-7-16(18)20-23-21(28-24-20)15-12-25(13-15)19(26)11-10-14-6-2-4-8-17(14)22/h2-11,15H,12-13H2,1H3/b11-10+. The molecule has 142 valence electrons. The van der Waals surface area contributed by atoms with E-state index in [2.05, 4.69) is 10.1 Å². The van der Waals surface area contributed by atoms with Crippen LogP contribution in [0.2, 0.25) is 5.02 Å². The second-order valence-corrected chi connectivity index (χ2v) is 6.86. The van der Waals surface area contributed by atoms with Gasteiger partial charge in [-0.05, 0) is 29.8 Å². The van der Waals surface area contributed by atoms with Gasteiger partial charge in [0, 0.05) is 24.2 Å². The quantitative estimate of drug-likeness (QED) is 0.610. The summed E-state index contributed by atoms with van der Waals surface area (Å²) in [5, 5.41) is 4.67. The highest BCUT2D eigenvalue weighted by molar-refractivity contribution is 6.32. The lowest BCUT2D eigenvalue weighted by Crippen LogP contribution is -2.47. The first-order valence-electron chi connectivity index (χ1n) is 8.84. The number of carbonyl (C=O) groups is 1. The van der Waals surface area contributed by atoms with Gasteiger partial charge in [0.05, 0.1) is 18.6 Å². The maximum Gasteiger partial charge on any atom is 0.246 e. The van der Waals surface area contributed by atoms with Crippen LogP contribution in [0.5, 0.6) is 5.75 Å². The molecule has 1 aliphatic heterocycles. The molecular weight excluding hydrogens is 378 g/mol. The van der Waals surface area contributed by atoms with Gasteiger partial charge in [0.2, 0.25) is 17.6 Å². The van der Waals surface area contributed by atoms with Gasteiger partial charge < -0.3 is 14.2 Å². The summed E-state index contributed by atoms with van der Waals surface area (Å²) < 4.78 is 10.7. The summed E-state index contributed by atoms with van der Waals surface area (Å²) in [6, 6.07) is 14.9. The first kappa shape index (κ1) is 18.3. The lowest BCUT2D eigenvalue weighted by Gasteiger charge is -2.36. The third-order valence-electron chi connectivity index (χ3n) is 4.64. The highest BCUT2D eigenvalue weighted by atomic mass is 35.5. The average Bonchev–Trinajstić information content (AvgIpc) is 3.15. The van der Waals surface area contributed by atoms with Crippen LogP contribution in [-0.4, -0.2) is 41.1 Å². The molecule has 6 nitrogen and oxygen atoms in total. The predicted molar refractivity (Wildman–Crippen MR) is 106 cm³/mol. The minimum atomic E-state index is -0.0689. The van der Waals surface area contributed by atoms with Crippen molar-refractivity contribution >= 4 is 23.6 Å². The number of likely N-dealkylation sites (tertiary alicyclic amines) is 1. The van der Waals surface area contributed by atoms with Gasteiger partial charge in [-0.3, -0.25) is 4.79 Å². The number of para-hydroxylation sites is 1. The van der Waals surface area contributed by atoms with Crippen molar-refractivity contribution < 1.29 is 14.1 Å². The average molecular weight is 396 g/mol. The first-order chi connectivity index (χ1) is 13.7. The molecule has 0 saturated carbocycles. The lowest BCUT2D eigenvalue weighted by molar-refractivity contribution is -0.130. The fourth-order valence-electron chi connectivity index (χ4n) is 3.03. The molecule has 0 spiro atoms. The molecule has 0 bridgehead atoms. The van der Waals surface area contributed by atoms with Crippen LogP contribution in [0.15, 0.2) is 59.1 Å². The van der Waals surface area contributed by atoms with Crippen molar-refractivity contribution in [3.63, 3.8) is 0 Å². The zero-order valence-corrected chi connectivity index (χ0v) is 16.0. The summed E-state index contributed by atoms with van der Waals surface area (Å²) in [5.74, 6) is 1.66. The molecule has 1 fully saturated rings. The van der Waals surface area contributed by atoms with Crippen molar-refractivity contribution in [1.82, 2.24) is 15.0 Å². The molecule has 3 aromatic rings. The smallest absolute Gasteiger partial charge is 0.246 e. The molecule has 0 N–H and O–H groups in total. The van der Waals surface area contributed by atoms with Crippen molar-refractivity contribution in [3.8, 4) is 17.1 Å². The van der Waals surface area contributed by atoms with Gasteiger partial charge in [0.15, 0.2) is 0 Å². The molecule has 1 saturated heterocycles. The van der Waals surface area contributed by atoms with Gasteiger partial charge in [-0.1, -0.05) is 47.1 Å². The summed E-state index contributed by atoms with van der Waals surface area (Å²) in [4.78, 5) is 18.5. The Morgan fingerprint density at radius 2 is 1.96 bits per heavy atom. The number of rotatable bonds is 5. The Balaban J connectivity index is 1.39. The monoisotopic (exact) mass is 395 g/mol. The minimum Gasteiger partial charge on any atom is -0.496 e. The molecule has 0 aliphatic carbocycles. The largest absolute Gasteiger partial charge is 0.496 e. The van der Waals surface area contributed by atoms with Crippen LogP contribution in [0.4, 0.5) is 0 Å².